The Bertz CT molecular complexity index is 266. The van der Waals surface area contributed by atoms with Crippen molar-refractivity contribution in [3.05, 3.63) is 0 Å². The van der Waals surface area contributed by atoms with Crippen molar-refractivity contribution in [3.63, 3.8) is 0 Å². The lowest BCUT2D eigenvalue weighted by molar-refractivity contribution is 0.0290. The van der Waals surface area contributed by atoms with Gasteiger partial charge in [0.1, 0.15) is 5.60 Å². The van der Waals surface area contributed by atoms with Gasteiger partial charge in [0, 0.05) is 18.3 Å². The fourth-order valence-corrected chi connectivity index (χ4v) is 3.74. The second kappa shape index (κ2) is 6.23. The molecule has 0 aromatic rings. The lowest BCUT2D eigenvalue weighted by atomic mass is 10.1. The van der Waals surface area contributed by atoms with Gasteiger partial charge in [0.05, 0.1) is 0 Å². The van der Waals surface area contributed by atoms with E-state index in [0.29, 0.717) is 11.2 Å². The molecule has 0 aromatic heterocycles. The third kappa shape index (κ3) is 4.62. The molecule has 0 N–H and O–H groups in total. The van der Waals surface area contributed by atoms with Crippen molar-refractivity contribution >= 4 is 29.6 Å². The van der Waals surface area contributed by atoms with Gasteiger partial charge in [-0.15, -0.1) is 0 Å². The standard InChI is InChI=1S/C12H23NO2S2/c1-12(2,3)15-11(14)13-6-9(8-16-4)10(7-13)17-5/h9-10H,6-8H2,1-5H3. The minimum absolute atomic E-state index is 0.167. The third-order valence-electron chi connectivity index (χ3n) is 2.72. The zero-order chi connectivity index (χ0) is 13.1. The van der Waals surface area contributed by atoms with E-state index in [4.69, 9.17) is 4.74 Å². The van der Waals surface area contributed by atoms with E-state index < -0.39 is 5.60 Å². The summed E-state index contributed by atoms with van der Waals surface area (Å²) in [6, 6.07) is 0. The monoisotopic (exact) mass is 277 g/mol. The van der Waals surface area contributed by atoms with Crippen molar-refractivity contribution in [2.75, 3.05) is 31.4 Å². The van der Waals surface area contributed by atoms with E-state index in [2.05, 4.69) is 12.5 Å². The zero-order valence-corrected chi connectivity index (χ0v) is 13.0. The van der Waals surface area contributed by atoms with Gasteiger partial charge < -0.3 is 9.64 Å². The summed E-state index contributed by atoms with van der Waals surface area (Å²) in [5, 5.41) is 0.551. The molecule has 1 aliphatic rings. The van der Waals surface area contributed by atoms with E-state index in [-0.39, 0.29) is 6.09 Å². The number of nitrogens with zero attached hydrogens (tertiary/aromatic N) is 1. The number of rotatable bonds is 3. The van der Waals surface area contributed by atoms with Crippen LogP contribution in [0.4, 0.5) is 4.79 Å². The summed E-state index contributed by atoms with van der Waals surface area (Å²) in [6.45, 7) is 7.38. The van der Waals surface area contributed by atoms with Crippen LogP contribution in [0.3, 0.4) is 0 Å². The molecule has 0 bridgehead atoms. The van der Waals surface area contributed by atoms with Crippen molar-refractivity contribution in [2.45, 2.75) is 31.6 Å². The summed E-state index contributed by atoms with van der Waals surface area (Å²) in [6.07, 6.45) is 4.07. The van der Waals surface area contributed by atoms with Crippen LogP contribution in [0.2, 0.25) is 0 Å². The molecule has 1 aliphatic heterocycles. The summed E-state index contributed by atoms with van der Waals surface area (Å²) in [4.78, 5) is 13.8. The van der Waals surface area contributed by atoms with Gasteiger partial charge >= 0.3 is 6.09 Å². The molecular formula is C12H23NO2S2. The van der Waals surface area contributed by atoms with Gasteiger partial charge in [-0.05, 0) is 45.0 Å². The zero-order valence-electron chi connectivity index (χ0n) is 11.4. The van der Waals surface area contributed by atoms with E-state index in [0.717, 1.165) is 18.8 Å². The minimum Gasteiger partial charge on any atom is -0.444 e. The maximum Gasteiger partial charge on any atom is 0.410 e. The van der Waals surface area contributed by atoms with Crippen LogP contribution in [0, 0.1) is 5.92 Å². The highest BCUT2D eigenvalue weighted by Gasteiger charge is 2.36. The van der Waals surface area contributed by atoms with Gasteiger partial charge in [-0.2, -0.15) is 23.5 Å². The van der Waals surface area contributed by atoms with Gasteiger partial charge in [-0.25, -0.2) is 4.79 Å². The van der Waals surface area contributed by atoms with Crippen molar-refractivity contribution in [1.29, 1.82) is 0 Å². The first-order valence-corrected chi connectivity index (χ1v) is 8.55. The van der Waals surface area contributed by atoms with E-state index in [1.165, 1.54) is 0 Å². The number of carbonyl (C=O) groups is 1. The molecule has 3 nitrogen and oxygen atoms in total. The van der Waals surface area contributed by atoms with Crippen LogP contribution < -0.4 is 0 Å². The number of likely N-dealkylation sites (tertiary alicyclic amines) is 1. The predicted octanol–water partition coefficient (Wildman–Crippen LogP) is 2.95. The van der Waals surface area contributed by atoms with Crippen LogP contribution in [0.1, 0.15) is 20.8 Å². The van der Waals surface area contributed by atoms with Gasteiger partial charge in [-0.1, -0.05) is 0 Å². The Hall–Kier alpha value is -0.0300. The van der Waals surface area contributed by atoms with Crippen LogP contribution in [-0.2, 0) is 4.74 Å². The highest BCUT2D eigenvalue weighted by Crippen LogP contribution is 2.29. The fraction of sp³-hybridized carbons (Fsp3) is 0.917. The maximum absolute atomic E-state index is 12.0. The average molecular weight is 277 g/mol. The maximum atomic E-state index is 12.0. The number of hydrogen-bond donors (Lipinski definition) is 0. The van der Waals surface area contributed by atoms with E-state index in [9.17, 15) is 4.79 Å². The molecule has 5 heteroatoms. The lowest BCUT2D eigenvalue weighted by Gasteiger charge is -2.24. The highest BCUT2D eigenvalue weighted by atomic mass is 32.2. The summed E-state index contributed by atoms with van der Waals surface area (Å²) < 4.78 is 5.41. The highest BCUT2D eigenvalue weighted by molar-refractivity contribution is 7.99. The molecule has 1 saturated heterocycles. The van der Waals surface area contributed by atoms with Crippen LogP contribution in [0.25, 0.3) is 0 Å². The number of ether oxygens (including phenoxy) is 1. The summed E-state index contributed by atoms with van der Waals surface area (Å²) in [5.41, 5.74) is -0.399. The quantitative estimate of drug-likeness (QED) is 0.793. The summed E-state index contributed by atoms with van der Waals surface area (Å²) in [7, 11) is 0. The Balaban J connectivity index is 2.54. The summed E-state index contributed by atoms with van der Waals surface area (Å²) in [5.74, 6) is 1.71. The molecule has 2 atom stereocenters. The first-order chi connectivity index (χ1) is 7.87. The van der Waals surface area contributed by atoms with Crippen molar-refractivity contribution in [2.24, 2.45) is 5.92 Å². The molecule has 1 rings (SSSR count). The van der Waals surface area contributed by atoms with E-state index in [1.54, 1.807) is 0 Å². The molecular weight excluding hydrogens is 254 g/mol. The van der Waals surface area contributed by atoms with Gasteiger partial charge in [0.15, 0.2) is 0 Å². The molecule has 0 spiro atoms. The molecule has 100 valence electrons. The van der Waals surface area contributed by atoms with Crippen molar-refractivity contribution in [1.82, 2.24) is 4.90 Å². The molecule has 1 fully saturated rings. The Morgan fingerprint density at radius 2 is 2.00 bits per heavy atom. The minimum atomic E-state index is -0.399. The van der Waals surface area contributed by atoms with Crippen LogP contribution in [0.15, 0.2) is 0 Å². The topological polar surface area (TPSA) is 29.5 Å². The Morgan fingerprint density at radius 1 is 1.35 bits per heavy atom. The molecule has 0 saturated carbocycles. The molecule has 0 aliphatic carbocycles. The van der Waals surface area contributed by atoms with E-state index >= 15 is 0 Å². The number of amides is 1. The second-order valence-electron chi connectivity index (χ2n) is 5.37. The normalized spacial score (nSPS) is 25.1. The molecule has 17 heavy (non-hydrogen) atoms. The SMILES string of the molecule is CSCC1CN(C(=O)OC(C)(C)C)CC1SC. The van der Waals surface area contributed by atoms with Crippen molar-refractivity contribution in [3.8, 4) is 0 Å². The molecule has 0 aromatic carbocycles. The third-order valence-corrected chi connectivity index (χ3v) is 4.62. The number of carbonyl (C=O) groups excluding carboxylic acids is 1. The fourth-order valence-electron chi connectivity index (χ4n) is 1.96. The smallest absolute Gasteiger partial charge is 0.410 e. The molecule has 1 heterocycles. The molecule has 1 amide bonds. The molecule has 2 unspecified atom stereocenters. The van der Waals surface area contributed by atoms with Crippen LogP contribution in [-0.4, -0.2) is 53.2 Å². The first-order valence-electron chi connectivity index (χ1n) is 5.87. The van der Waals surface area contributed by atoms with Gasteiger partial charge in [0.25, 0.3) is 0 Å². The van der Waals surface area contributed by atoms with Crippen molar-refractivity contribution < 1.29 is 9.53 Å². The van der Waals surface area contributed by atoms with Crippen LogP contribution in [0.5, 0.6) is 0 Å². The summed E-state index contributed by atoms with van der Waals surface area (Å²) >= 11 is 3.71. The van der Waals surface area contributed by atoms with Gasteiger partial charge in [-0.3, -0.25) is 0 Å². The first kappa shape index (κ1) is 15.0. The number of hydrogen-bond acceptors (Lipinski definition) is 4. The predicted molar refractivity (Wildman–Crippen MR) is 77.0 cm³/mol. The Morgan fingerprint density at radius 3 is 2.47 bits per heavy atom. The van der Waals surface area contributed by atoms with Gasteiger partial charge in [0.2, 0.25) is 0 Å². The van der Waals surface area contributed by atoms with E-state index in [1.807, 2.05) is 49.2 Å². The average Bonchev–Trinajstić information content (AvgIpc) is 2.59. The second-order valence-corrected chi connectivity index (χ2v) is 7.36. The Kier molecular flexibility index (Phi) is 5.51. The number of thioether (sulfide) groups is 2. The molecule has 0 radical (unpaired) electrons. The largest absolute Gasteiger partial charge is 0.444 e. The lowest BCUT2D eigenvalue weighted by Crippen LogP contribution is -2.35. The Labute approximate surface area is 113 Å². The van der Waals surface area contributed by atoms with Crippen LogP contribution >= 0.6 is 23.5 Å².